The van der Waals surface area contributed by atoms with Gasteiger partial charge in [0.2, 0.25) is 5.91 Å². The maximum absolute atomic E-state index is 11.7. The summed E-state index contributed by atoms with van der Waals surface area (Å²) in [7, 11) is 0. The first-order valence-corrected chi connectivity index (χ1v) is 5.29. The van der Waals surface area contributed by atoms with Gasteiger partial charge in [0, 0.05) is 19.5 Å². The van der Waals surface area contributed by atoms with Gasteiger partial charge in [0.05, 0.1) is 6.10 Å². The lowest BCUT2D eigenvalue weighted by atomic mass is 10.0. The summed E-state index contributed by atoms with van der Waals surface area (Å²) in [5, 5.41) is 9.40. The van der Waals surface area contributed by atoms with Crippen molar-refractivity contribution in [2.45, 2.75) is 32.3 Å². The number of carbonyl (C=O) groups excluding carboxylic acids is 1. The lowest BCUT2D eigenvalue weighted by Gasteiger charge is -2.30. The predicted molar refractivity (Wildman–Crippen MR) is 54.7 cm³/mol. The van der Waals surface area contributed by atoms with Crippen LogP contribution in [0.15, 0.2) is 0 Å². The minimum atomic E-state index is -0.333. The molecule has 1 heterocycles. The quantitative estimate of drug-likeness (QED) is 0.671. The molecule has 0 saturated carbocycles. The number of likely N-dealkylation sites (tertiary alicyclic amines) is 1. The summed E-state index contributed by atoms with van der Waals surface area (Å²) in [4.78, 5) is 13.4. The second-order valence-electron chi connectivity index (χ2n) is 4.18. The third kappa shape index (κ3) is 3.27. The second kappa shape index (κ2) is 5.32. The number of aliphatic hydroxyl groups excluding tert-OH is 1. The third-order valence-electron chi connectivity index (χ3n) is 2.67. The van der Waals surface area contributed by atoms with E-state index in [0.29, 0.717) is 19.5 Å². The molecule has 0 aromatic carbocycles. The first-order valence-electron chi connectivity index (χ1n) is 5.29. The summed E-state index contributed by atoms with van der Waals surface area (Å²) in [6.07, 6.45) is 1.89. The van der Waals surface area contributed by atoms with Crippen molar-refractivity contribution in [2.75, 3.05) is 19.6 Å². The molecule has 0 aromatic heterocycles. The number of β-amino-alcohol motifs (C(OH)–C–C–N with tert-alkyl or cyclic N) is 1. The van der Waals surface area contributed by atoms with E-state index in [9.17, 15) is 9.90 Å². The molecule has 0 spiro atoms. The van der Waals surface area contributed by atoms with Gasteiger partial charge >= 0.3 is 0 Å². The molecule has 0 aromatic rings. The van der Waals surface area contributed by atoms with Gasteiger partial charge in [-0.1, -0.05) is 6.92 Å². The van der Waals surface area contributed by atoms with E-state index in [1.54, 1.807) is 4.90 Å². The number of hydrogen-bond donors (Lipinski definition) is 2. The normalized spacial score (nSPS) is 24.8. The summed E-state index contributed by atoms with van der Waals surface area (Å²) in [5.74, 6) is 0.364. The molecule has 0 bridgehead atoms. The lowest BCUT2D eigenvalue weighted by molar-refractivity contribution is -0.135. The average molecular weight is 200 g/mol. The smallest absolute Gasteiger partial charge is 0.222 e. The van der Waals surface area contributed by atoms with Gasteiger partial charge in [-0.25, -0.2) is 0 Å². The Kier molecular flexibility index (Phi) is 4.35. The number of hydrogen-bond acceptors (Lipinski definition) is 3. The first kappa shape index (κ1) is 11.5. The summed E-state index contributed by atoms with van der Waals surface area (Å²) < 4.78 is 0. The summed E-state index contributed by atoms with van der Waals surface area (Å²) in [5.41, 5.74) is 5.46. The predicted octanol–water partition coefficient (Wildman–Crippen LogP) is -0.0454. The fourth-order valence-electron chi connectivity index (χ4n) is 1.69. The van der Waals surface area contributed by atoms with E-state index in [1.807, 2.05) is 6.92 Å². The van der Waals surface area contributed by atoms with Crippen LogP contribution in [0.4, 0.5) is 0 Å². The third-order valence-corrected chi connectivity index (χ3v) is 2.67. The molecule has 0 aliphatic carbocycles. The van der Waals surface area contributed by atoms with Gasteiger partial charge in [0.15, 0.2) is 0 Å². The SMILES string of the molecule is CC(CN)CC(=O)N1CCCC(O)C1. The number of aliphatic hydroxyl groups is 1. The molecule has 2 unspecified atom stereocenters. The van der Waals surface area contributed by atoms with E-state index in [1.165, 1.54) is 0 Å². The summed E-state index contributed by atoms with van der Waals surface area (Å²) >= 11 is 0. The molecule has 1 aliphatic heterocycles. The number of carbonyl (C=O) groups is 1. The van der Waals surface area contributed by atoms with Gasteiger partial charge in [-0.05, 0) is 25.3 Å². The maximum Gasteiger partial charge on any atom is 0.222 e. The highest BCUT2D eigenvalue weighted by molar-refractivity contribution is 5.76. The molecular formula is C10H20N2O2. The van der Waals surface area contributed by atoms with Crippen molar-refractivity contribution in [3.05, 3.63) is 0 Å². The highest BCUT2D eigenvalue weighted by Crippen LogP contribution is 2.12. The van der Waals surface area contributed by atoms with E-state index in [-0.39, 0.29) is 17.9 Å². The minimum absolute atomic E-state index is 0.127. The standard InChI is InChI=1S/C10H20N2O2/c1-8(6-11)5-10(14)12-4-2-3-9(13)7-12/h8-9,13H,2-7,11H2,1H3. The monoisotopic (exact) mass is 200 g/mol. The topological polar surface area (TPSA) is 66.6 Å². The van der Waals surface area contributed by atoms with Crippen molar-refractivity contribution in [1.29, 1.82) is 0 Å². The minimum Gasteiger partial charge on any atom is -0.391 e. The number of amides is 1. The number of rotatable bonds is 3. The largest absolute Gasteiger partial charge is 0.391 e. The molecule has 0 radical (unpaired) electrons. The highest BCUT2D eigenvalue weighted by atomic mass is 16.3. The zero-order valence-corrected chi connectivity index (χ0v) is 8.78. The Balaban J connectivity index is 2.36. The maximum atomic E-state index is 11.7. The molecule has 1 rings (SSSR count). The van der Waals surface area contributed by atoms with E-state index >= 15 is 0 Å². The molecule has 1 fully saturated rings. The Morgan fingerprint density at radius 1 is 1.71 bits per heavy atom. The molecule has 2 atom stereocenters. The van der Waals surface area contributed by atoms with Crippen molar-refractivity contribution >= 4 is 5.91 Å². The first-order chi connectivity index (χ1) is 6.63. The fourth-order valence-corrected chi connectivity index (χ4v) is 1.69. The van der Waals surface area contributed by atoms with Crippen LogP contribution in [0.2, 0.25) is 0 Å². The van der Waals surface area contributed by atoms with Crippen molar-refractivity contribution in [1.82, 2.24) is 4.90 Å². The van der Waals surface area contributed by atoms with Crippen LogP contribution in [-0.2, 0) is 4.79 Å². The van der Waals surface area contributed by atoms with Crippen LogP contribution in [-0.4, -0.2) is 41.7 Å². The van der Waals surface area contributed by atoms with Crippen molar-refractivity contribution in [3.63, 3.8) is 0 Å². The summed E-state index contributed by atoms with van der Waals surface area (Å²) in [6, 6.07) is 0. The van der Waals surface area contributed by atoms with Gasteiger partial charge in [-0.2, -0.15) is 0 Å². The van der Waals surface area contributed by atoms with Crippen LogP contribution in [0, 0.1) is 5.92 Å². The zero-order valence-electron chi connectivity index (χ0n) is 8.78. The molecule has 1 aliphatic rings. The molecule has 1 saturated heterocycles. The fraction of sp³-hybridized carbons (Fsp3) is 0.900. The highest BCUT2D eigenvalue weighted by Gasteiger charge is 2.22. The lowest BCUT2D eigenvalue weighted by Crippen LogP contribution is -2.42. The van der Waals surface area contributed by atoms with Gasteiger partial charge in [0.1, 0.15) is 0 Å². The van der Waals surface area contributed by atoms with Crippen LogP contribution < -0.4 is 5.73 Å². The second-order valence-corrected chi connectivity index (χ2v) is 4.18. The molecular weight excluding hydrogens is 180 g/mol. The molecule has 4 nitrogen and oxygen atoms in total. The van der Waals surface area contributed by atoms with E-state index in [2.05, 4.69) is 0 Å². The molecule has 4 heteroatoms. The zero-order chi connectivity index (χ0) is 10.6. The van der Waals surface area contributed by atoms with Crippen LogP contribution in [0.5, 0.6) is 0 Å². The molecule has 14 heavy (non-hydrogen) atoms. The van der Waals surface area contributed by atoms with Crippen molar-refractivity contribution in [3.8, 4) is 0 Å². The van der Waals surface area contributed by atoms with Gasteiger partial charge in [-0.15, -0.1) is 0 Å². The Labute approximate surface area is 85.1 Å². The van der Waals surface area contributed by atoms with Gasteiger partial charge in [0.25, 0.3) is 0 Å². The average Bonchev–Trinajstić information content (AvgIpc) is 2.17. The Morgan fingerprint density at radius 3 is 3.00 bits per heavy atom. The van der Waals surface area contributed by atoms with Crippen LogP contribution in [0.25, 0.3) is 0 Å². The number of nitrogens with two attached hydrogens (primary N) is 1. The van der Waals surface area contributed by atoms with Crippen molar-refractivity contribution in [2.24, 2.45) is 11.7 Å². The van der Waals surface area contributed by atoms with Crippen LogP contribution in [0.3, 0.4) is 0 Å². The molecule has 82 valence electrons. The van der Waals surface area contributed by atoms with Crippen LogP contribution in [0.1, 0.15) is 26.2 Å². The van der Waals surface area contributed by atoms with E-state index in [4.69, 9.17) is 5.73 Å². The number of piperidine rings is 1. The van der Waals surface area contributed by atoms with Crippen LogP contribution >= 0.6 is 0 Å². The van der Waals surface area contributed by atoms with Crippen molar-refractivity contribution < 1.29 is 9.90 Å². The van der Waals surface area contributed by atoms with Gasteiger partial charge in [-0.3, -0.25) is 4.79 Å². The molecule has 1 amide bonds. The van der Waals surface area contributed by atoms with E-state index in [0.717, 1.165) is 19.4 Å². The summed E-state index contributed by atoms with van der Waals surface area (Å²) in [6.45, 7) is 3.80. The Morgan fingerprint density at radius 2 is 2.43 bits per heavy atom. The number of nitrogens with zero attached hydrogens (tertiary/aromatic N) is 1. The van der Waals surface area contributed by atoms with E-state index < -0.39 is 0 Å². The Hall–Kier alpha value is -0.610. The van der Waals surface area contributed by atoms with Gasteiger partial charge < -0.3 is 15.7 Å². The Bertz CT molecular complexity index is 197. The molecule has 3 N–H and O–H groups in total.